The van der Waals surface area contributed by atoms with Gasteiger partial charge in [-0.25, -0.2) is 9.13 Å². The molecule has 0 saturated heterocycles. The molecule has 0 spiro atoms. The van der Waals surface area contributed by atoms with Crippen LogP contribution >= 0.6 is 21.6 Å². The van der Waals surface area contributed by atoms with Gasteiger partial charge in [0.05, 0.1) is 37.9 Å². The van der Waals surface area contributed by atoms with Crippen molar-refractivity contribution in [1.29, 1.82) is 0 Å². The Kier molecular flexibility index (Phi) is 14.9. The average Bonchev–Trinajstić information content (AvgIpc) is 3.08. The van der Waals surface area contributed by atoms with Crippen LogP contribution < -0.4 is 28.1 Å². The van der Waals surface area contributed by atoms with Crippen molar-refractivity contribution in [2.24, 2.45) is 0 Å². The third-order valence-corrected chi connectivity index (χ3v) is 9.22. The summed E-state index contributed by atoms with van der Waals surface area (Å²) in [7, 11) is 3.84. The lowest BCUT2D eigenvalue weighted by Gasteiger charge is -2.11. The van der Waals surface area contributed by atoms with Crippen LogP contribution in [-0.2, 0) is 13.1 Å². The van der Waals surface area contributed by atoms with E-state index in [0.717, 1.165) is 69.8 Å². The van der Waals surface area contributed by atoms with E-state index in [0.29, 0.717) is 26.4 Å². The summed E-state index contributed by atoms with van der Waals surface area (Å²) in [5.41, 5.74) is 4.49. The van der Waals surface area contributed by atoms with Crippen molar-refractivity contribution in [3.63, 3.8) is 0 Å². The summed E-state index contributed by atoms with van der Waals surface area (Å²) in [6.45, 7) is 12.3. The van der Waals surface area contributed by atoms with Crippen molar-refractivity contribution in [3.8, 4) is 23.0 Å². The molecule has 0 radical (unpaired) electrons. The number of nitrogens with zero attached hydrogens (tertiary/aromatic N) is 2. The van der Waals surface area contributed by atoms with Crippen molar-refractivity contribution >= 4 is 45.9 Å². The van der Waals surface area contributed by atoms with Crippen molar-refractivity contribution in [1.82, 2.24) is 0 Å². The number of aryl methyl sites for hydroxylation is 2. The first-order chi connectivity index (χ1) is 22.6. The SMILES string of the molecule is CCOc1ccc(C=Cc2cc[n+](CCSSCC[n+]3ccc(C=Cc4ccc(OCC)c(OCC)c4)cc3)cc2)cc1OCC. The zero-order valence-corrected chi connectivity index (χ0v) is 29.0. The van der Waals surface area contributed by atoms with Crippen LogP contribution in [0.3, 0.4) is 0 Å². The van der Waals surface area contributed by atoms with Crippen LogP contribution in [0.2, 0.25) is 0 Å². The Labute approximate surface area is 282 Å². The van der Waals surface area contributed by atoms with Gasteiger partial charge in [0, 0.05) is 24.3 Å². The minimum absolute atomic E-state index is 0.609. The van der Waals surface area contributed by atoms with Crippen molar-refractivity contribution in [2.75, 3.05) is 37.9 Å². The number of hydrogen-bond acceptors (Lipinski definition) is 6. The number of hydrogen-bond donors (Lipinski definition) is 0. The molecular formula is C38H46N2O4S2+2. The van der Waals surface area contributed by atoms with Crippen LogP contribution in [0.15, 0.2) is 85.5 Å². The third-order valence-electron chi connectivity index (χ3n) is 6.85. The van der Waals surface area contributed by atoms with Crippen LogP contribution in [-0.4, -0.2) is 37.9 Å². The maximum absolute atomic E-state index is 5.75. The average molecular weight is 659 g/mol. The molecule has 2 heterocycles. The Morgan fingerprint density at radius 1 is 0.457 bits per heavy atom. The van der Waals surface area contributed by atoms with E-state index < -0.39 is 0 Å². The first-order valence-corrected chi connectivity index (χ1v) is 18.5. The van der Waals surface area contributed by atoms with Crippen molar-refractivity contribution in [2.45, 2.75) is 40.8 Å². The topological polar surface area (TPSA) is 44.7 Å². The van der Waals surface area contributed by atoms with Gasteiger partial charge in [0.2, 0.25) is 0 Å². The highest BCUT2D eigenvalue weighted by atomic mass is 33.1. The van der Waals surface area contributed by atoms with Gasteiger partial charge in [0.25, 0.3) is 0 Å². The summed E-state index contributed by atoms with van der Waals surface area (Å²) in [4.78, 5) is 0. The van der Waals surface area contributed by atoms with E-state index in [4.69, 9.17) is 18.9 Å². The van der Waals surface area contributed by atoms with Crippen LogP contribution in [0.5, 0.6) is 23.0 Å². The molecule has 2 aromatic carbocycles. The van der Waals surface area contributed by atoms with Gasteiger partial charge < -0.3 is 18.9 Å². The molecular weight excluding hydrogens is 613 g/mol. The Balaban J connectivity index is 1.15. The zero-order valence-electron chi connectivity index (χ0n) is 27.4. The first kappa shape index (κ1) is 35.0. The smallest absolute Gasteiger partial charge is 0.169 e. The molecule has 0 atom stereocenters. The van der Waals surface area contributed by atoms with Gasteiger partial charge in [-0.2, -0.15) is 0 Å². The van der Waals surface area contributed by atoms with E-state index in [-0.39, 0.29) is 0 Å². The molecule has 242 valence electrons. The molecule has 2 aromatic heterocycles. The van der Waals surface area contributed by atoms with E-state index in [1.165, 1.54) is 0 Å². The highest BCUT2D eigenvalue weighted by Gasteiger charge is 2.07. The lowest BCUT2D eigenvalue weighted by atomic mass is 10.1. The Hall–Kier alpha value is -3.88. The molecule has 46 heavy (non-hydrogen) atoms. The van der Waals surface area contributed by atoms with Gasteiger partial charge in [-0.05, 0) is 74.2 Å². The third kappa shape index (κ3) is 11.5. The van der Waals surface area contributed by atoms with E-state index in [9.17, 15) is 0 Å². The lowest BCUT2D eigenvalue weighted by molar-refractivity contribution is -0.692. The maximum atomic E-state index is 5.75. The van der Waals surface area contributed by atoms with Crippen molar-refractivity contribution < 1.29 is 28.1 Å². The Morgan fingerprint density at radius 3 is 1.17 bits per heavy atom. The fourth-order valence-electron chi connectivity index (χ4n) is 4.59. The van der Waals surface area contributed by atoms with E-state index >= 15 is 0 Å². The molecule has 0 fully saturated rings. The molecule has 0 aliphatic rings. The second-order valence-electron chi connectivity index (χ2n) is 10.2. The second-order valence-corrected chi connectivity index (χ2v) is 12.9. The van der Waals surface area contributed by atoms with Crippen molar-refractivity contribution in [3.05, 3.63) is 108 Å². The lowest BCUT2D eigenvalue weighted by Crippen LogP contribution is -2.34. The van der Waals surface area contributed by atoms with E-state index in [2.05, 4.69) is 94.6 Å². The predicted molar refractivity (Wildman–Crippen MR) is 194 cm³/mol. The van der Waals surface area contributed by atoms with Crippen LogP contribution in [0.25, 0.3) is 24.3 Å². The molecule has 0 aliphatic heterocycles. The number of ether oxygens (including phenoxy) is 4. The second kappa shape index (κ2) is 19.6. The minimum atomic E-state index is 0.609. The molecule has 4 aromatic rings. The highest BCUT2D eigenvalue weighted by Crippen LogP contribution is 2.30. The quantitative estimate of drug-likeness (QED) is 0.0574. The fourth-order valence-corrected chi connectivity index (χ4v) is 6.55. The summed E-state index contributed by atoms with van der Waals surface area (Å²) in [5.74, 6) is 5.25. The molecule has 0 unspecified atom stereocenters. The molecule has 0 amide bonds. The highest BCUT2D eigenvalue weighted by molar-refractivity contribution is 8.76. The molecule has 0 aliphatic carbocycles. The largest absolute Gasteiger partial charge is 0.490 e. The van der Waals surface area contributed by atoms with Crippen LogP contribution in [0, 0.1) is 0 Å². The van der Waals surface area contributed by atoms with Gasteiger partial charge in [-0.1, -0.05) is 58.0 Å². The summed E-state index contributed by atoms with van der Waals surface area (Å²) < 4.78 is 27.3. The van der Waals surface area contributed by atoms with Gasteiger partial charge in [0.1, 0.15) is 0 Å². The predicted octanol–water partition coefficient (Wildman–Crippen LogP) is 8.28. The Morgan fingerprint density at radius 2 is 0.804 bits per heavy atom. The minimum Gasteiger partial charge on any atom is -0.490 e. The number of pyridine rings is 2. The maximum Gasteiger partial charge on any atom is 0.169 e. The molecule has 0 bridgehead atoms. The zero-order chi connectivity index (χ0) is 32.4. The number of aromatic nitrogens is 2. The monoisotopic (exact) mass is 658 g/mol. The summed E-state index contributed by atoms with van der Waals surface area (Å²) in [6.07, 6.45) is 17.1. The van der Waals surface area contributed by atoms with Gasteiger partial charge in [0.15, 0.2) is 60.9 Å². The normalized spacial score (nSPS) is 11.3. The van der Waals surface area contributed by atoms with E-state index in [1.54, 1.807) is 0 Å². The van der Waals surface area contributed by atoms with Gasteiger partial charge >= 0.3 is 0 Å². The summed E-state index contributed by atoms with van der Waals surface area (Å²) >= 11 is 0. The number of benzene rings is 2. The van der Waals surface area contributed by atoms with Gasteiger partial charge in [-0.3, -0.25) is 0 Å². The molecule has 8 heteroatoms. The first-order valence-electron chi connectivity index (χ1n) is 16.0. The molecule has 0 saturated carbocycles. The van der Waals surface area contributed by atoms with Gasteiger partial charge in [-0.15, -0.1) is 0 Å². The van der Waals surface area contributed by atoms with Crippen LogP contribution in [0.4, 0.5) is 0 Å². The molecule has 4 rings (SSSR count). The molecule has 0 N–H and O–H groups in total. The van der Waals surface area contributed by atoms with E-state index in [1.807, 2.05) is 73.5 Å². The van der Waals surface area contributed by atoms with Crippen LogP contribution in [0.1, 0.15) is 49.9 Å². The standard InChI is InChI=1S/C38H46N2O4S2/c1-5-41-35-15-13-33(29-37(35)43-7-3)11-9-31-17-21-39(22-18-31)25-27-45-46-28-26-40-23-19-32(20-24-40)10-12-34-14-16-36(42-6-2)38(30-34)44-8-4/h9-24,29-30H,5-8,25-28H2,1-4H3/q+2. The summed E-state index contributed by atoms with van der Waals surface area (Å²) in [5, 5.41) is 0. The fraction of sp³-hybridized carbons (Fsp3) is 0.316. The number of rotatable bonds is 19. The molecule has 6 nitrogen and oxygen atoms in total. The summed E-state index contributed by atoms with van der Waals surface area (Å²) in [6, 6.07) is 20.7. The Bertz CT molecular complexity index is 1420.